The SMILES string of the molecule is CC(C)(C)c1noc(CN2CCOC(C3CCC3)C2)n1. The van der Waals surface area contributed by atoms with Gasteiger partial charge in [0.15, 0.2) is 5.82 Å². The highest BCUT2D eigenvalue weighted by Crippen LogP contribution is 2.32. The maximum absolute atomic E-state index is 5.90. The molecular formula is C15H25N3O2. The van der Waals surface area contributed by atoms with Crippen molar-refractivity contribution in [2.45, 2.75) is 58.1 Å². The van der Waals surface area contributed by atoms with Crippen molar-refractivity contribution in [1.82, 2.24) is 15.0 Å². The molecule has 1 atom stereocenters. The quantitative estimate of drug-likeness (QED) is 0.850. The van der Waals surface area contributed by atoms with Crippen LogP contribution in [0.5, 0.6) is 0 Å². The Kier molecular flexibility index (Phi) is 3.82. The molecule has 0 spiro atoms. The fraction of sp³-hybridized carbons (Fsp3) is 0.867. The zero-order valence-electron chi connectivity index (χ0n) is 12.8. The molecular weight excluding hydrogens is 254 g/mol. The van der Waals surface area contributed by atoms with Gasteiger partial charge in [-0.05, 0) is 18.8 Å². The number of hydrogen-bond donors (Lipinski definition) is 0. The molecule has 0 aromatic carbocycles. The van der Waals surface area contributed by atoms with Gasteiger partial charge >= 0.3 is 0 Å². The van der Waals surface area contributed by atoms with Gasteiger partial charge in [-0.1, -0.05) is 32.3 Å². The Bertz CT molecular complexity index is 448. The average molecular weight is 279 g/mol. The largest absolute Gasteiger partial charge is 0.375 e. The molecule has 112 valence electrons. The van der Waals surface area contributed by atoms with E-state index in [2.05, 4.69) is 35.8 Å². The Hall–Kier alpha value is -0.940. The summed E-state index contributed by atoms with van der Waals surface area (Å²) in [6, 6.07) is 0. The summed E-state index contributed by atoms with van der Waals surface area (Å²) >= 11 is 0. The number of aromatic nitrogens is 2. The maximum atomic E-state index is 5.90. The predicted molar refractivity (Wildman–Crippen MR) is 75.4 cm³/mol. The van der Waals surface area contributed by atoms with E-state index in [1.807, 2.05) is 0 Å². The normalized spacial score (nSPS) is 25.6. The fourth-order valence-corrected chi connectivity index (χ4v) is 2.79. The van der Waals surface area contributed by atoms with Gasteiger partial charge in [-0.2, -0.15) is 4.98 Å². The van der Waals surface area contributed by atoms with E-state index in [1.165, 1.54) is 19.3 Å². The molecule has 0 bridgehead atoms. The molecule has 2 aliphatic rings. The van der Waals surface area contributed by atoms with Crippen LogP contribution in [0.15, 0.2) is 4.52 Å². The summed E-state index contributed by atoms with van der Waals surface area (Å²) in [4.78, 5) is 6.90. The van der Waals surface area contributed by atoms with Crippen molar-refractivity contribution in [1.29, 1.82) is 0 Å². The lowest BCUT2D eigenvalue weighted by molar-refractivity contribution is -0.0782. The number of nitrogens with zero attached hydrogens (tertiary/aromatic N) is 3. The lowest BCUT2D eigenvalue weighted by Crippen LogP contribution is -2.46. The lowest BCUT2D eigenvalue weighted by Gasteiger charge is -2.40. The number of morpholine rings is 1. The first-order valence-corrected chi connectivity index (χ1v) is 7.69. The van der Waals surface area contributed by atoms with Crippen LogP contribution in [0.4, 0.5) is 0 Å². The summed E-state index contributed by atoms with van der Waals surface area (Å²) < 4.78 is 11.3. The molecule has 1 aliphatic carbocycles. The Labute approximate surface area is 120 Å². The van der Waals surface area contributed by atoms with Gasteiger partial charge in [0, 0.05) is 18.5 Å². The zero-order chi connectivity index (χ0) is 14.2. The third-order valence-corrected chi connectivity index (χ3v) is 4.35. The van der Waals surface area contributed by atoms with Crippen LogP contribution in [0.25, 0.3) is 0 Å². The summed E-state index contributed by atoms with van der Waals surface area (Å²) in [7, 11) is 0. The minimum Gasteiger partial charge on any atom is -0.375 e. The number of ether oxygens (including phenoxy) is 1. The first-order chi connectivity index (χ1) is 9.52. The van der Waals surface area contributed by atoms with E-state index >= 15 is 0 Å². The smallest absolute Gasteiger partial charge is 0.240 e. The second-order valence-corrected chi connectivity index (χ2v) is 7.10. The van der Waals surface area contributed by atoms with Crippen molar-refractivity contribution in [2.24, 2.45) is 5.92 Å². The van der Waals surface area contributed by atoms with Crippen molar-refractivity contribution < 1.29 is 9.26 Å². The minimum absolute atomic E-state index is 0.0543. The van der Waals surface area contributed by atoms with Crippen LogP contribution in [0.3, 0.4) is 0 Å². The maximum Gasteiger partial charge on any atom is 0.240 e. The lowest BCUT2D eigenvalue weighted by atomic mass is 9.80. The van der Waals surface area contributed by atoms with E-state index in [1.54, 1.807) is 0 Å². The molecule has 1 saturated heterocycles. The van der Waals surface area contributed by atoms with Gasteiger partial charge < -0.3 is 9.26 Å². The summed E-state index contributed by atoms with van der Waals surface area (Å²) in [5.74, 6) is 2.28. The zero-order valence-corrected chi connectivity index (χ0v) is 12.8. The Morgan fingerprint density at radius 3 is 2.70 bits per heavy atom. The van der Waals surface area contributed by atoms with E-state index < -0.39 is 0 Å². The summed E-state index contributed by atoms with van der Waals surface area (Å²) in [6.07, 6.45) is 4.42. The van der Waals surface area contributed by atoms with E-state index in [0.29, 0.717) is 6.10 Å². The Morgan fingerprint density at radius 2 is 2.10 bits per heavy atom. The highest BCUT2D eigenvalue weighted by Gasteiger charge is 2.32. The van der Waals surface area contributed by atoms with Crippen LogP contribution in [-0.2, 0) is 16.7 Å². The van der Waals surface area contributed by atoms with Crippen molar-refractivity contribution in [3.63, 3.8) is 0 Å². The highest BCUT2D eigenvalue weighted by atomic mass is 16.5. The topological polar surface area (TPSA) is 51.4 Å². The molecule has 1 aromatic heterocycles. The molecule has 1 aromatic rings. The average Bonchev–Trinajstić information content (AvgIpc) is 2.75. The predicted octanol–water partition coefficient (Wildman–Crippen LogP) is 2.37. The van der Waals surface area contributed by atoms with Gasteiger partial charge in [0.1, 0.15) is 0 Å². The number of rotatable bonds is 3. The van der Waals surface area contributed by atoms with Crippen LogP contribution in [0.1, 0.15) is 51.7 Å². The first-order valence-electron chi connectivity index (χ1n) is 7.69. The van der Waals surface area contributed by atoms with Gasteiger partial charge in [0.05, 0.1) is 19.3 Å². The third kappa shape index (κ3) is 3.04. The second kappa shape index (κ2) is 5.45. The van der Waals surface area contributed by atoms with Crippen LogP contribution in [-0.4, -0.2) is 40.8 Å². The molecule has 2 fully saturated rings. The molecule has 0 amide bonds. The Morgan fingerprint density at radius 1 is 1.30 bits per heavy atom. The van der Waals surface area contributed by atoms with E-state index in [9.17, 15) is 0 Å². The first kappa shape index (κ1) is 14.0. The van der Waals surface area contributed by atoms with Crippen LogP contribution in [0.2, 0.25) is 0 Å². The van der Waals surface area contributed by atoms with Crippen molar-refractivity contribution in [3.05, 3.63) is 11.7 Å². The molecule has 2 heterocycles. The van der Waals surface area contributed by atoms with Gasteiger partial charge in [-0.3, -0.25) is 4.90 Å². The molecule has 5 nitrogen and oxygen atoms in total. The van der Waals surface area contributed by atoms with Gasteiger partial charge in [0.2, 0.25) is 5.89 Å². The number of hydrogen-bond acceptors (Lipinski definition) is 5. The summed E-state index contributed by atoms with van der Waals surface area (Å²) in [5, 5.41) is 4.09. The van der Waals surface area contributed by atoms with E-state index in [0.717, 1.165) is 43.9 Å². The van der Waals surface area contributed by atoms with Crippen molar-refractivity contribution in [3.8, 4) is 0 Å². The second-order valence-electron chi connectivity index (χ2n) is 7.10. The van der Waals surface area contributed by atoms with Crippen LogP contribution < -0.4 is 0 Å². The summed E-state index contributed by atoms with van der Waals surface area (Å²) in [6.45, 7) is 9.82. The standard InChI is InChI=1S/C15H25N3O2/c1-15(2,3)14-16-13(20-17-14)10-18-7-8-19-12(9-18)11-5-4-6-11/h11-12H,4-10H2,1-3H3. The van der Waals surface area contributed by atoms with Gasteiger partial charge in [-0.15, -0.1) is 0 Å². The molecule has 1 aliphatic heterocycles. The molecule has 0 radical (unpaired) electrons. The monoisotopic (exact) mass is 279 g/mol. The molecule has 3 rings (SSSR count). The molecule has 0 N–H and O–H groups in total. The molecule has 5 heteroatoms. The van der Waals surface area contributed by atoms with Gasteiger partial charge in [0.25, 0.3) is 0 Å². The molecule has 1 saturated carbocycles. The van der Waals surface area contributed by atoms with E-state index in [4.69, 9.17) is 9.26 Å². The fourth-order valence-electron chi connectivity index (χ4n) is 2.79. The van der Waals surface area contributed by atoms with Gasteiger partial charge in [-0.25, -0.2) is 0 Å². The molecule has 1 unspecified atom stereocenters. The van der Waals surface area contributed by atoms with Crippen LogP contribution in [0, 0.1) is 5.92 Å². The minimum atomic E-state index is -0.0543. The highest BCUT2D eigenvalue weighted by molar-refractivity contribution is 5.00. The molecule has 20 heavy (non-hydrogen) atoms. The Balaban J connectivity index is 1.58. The summed E-state index contributed by atoms with van der Waals surface area (Å²) in [5.41, 5.74) is -0.0543. The van der Waals surface area contributed by atoms with Crippen molar-refractivity contribution >= 4 is 0 Å². The third-order valence-electron chi connectivity index (χ3n) is 4.35. The van der Waals surface area contributed by atoms with Crippen molar-refractivity contribution in [2.75, 3.05) is 19.7 Å². The van der Waals surface area contributed by atoms with E-state index in [-0.39, 0.29) is 5.41 Å². The van der Waals surface area contributed by atoms with Crippen LogP contribution >= 0.6 is 0 Å².